The molecule has 0 saturated carbocycles. The molecule has 1 aliphatic heterocycles. The van der Waals surface area contributed by atoms with E-state index in [0.717, 1.165) is 0 Å². The van der Waals surface area contributed by atoms with Crippen LogP contribution in [0.3, 0.4) is 0 Å². The lowest BCUT2D eigenvalue weighted by molar-refractivity contribution is -0.150. The summed E-state index contributed by atoms with van der Waals surface area (Å²) in [6, 6.07) is 0. The second kappa shape index (κ2) is 11.0. The third kappa shape index (κ3) is 6.95. The molecule has 1 saturated heterocycles. The van der Waals surface area contributed by atoms with Gasteiger partial charge in [0.15, 0.2) is 20.3 Å². The van der Waals surface area contributed by atoms with Crippen LogP contribution in [0.15, 0.2) is 11.8 Å². The topological polar surface area (TPSA) is 114 Å². The fourth-order valence-corrected chi connectivity index (χ4v) is 4.29. The van der Waals surface area contributed by atoms with E-state index in [4.69, 9.17) is 13.9 Å². The van der Waals surface area contributed by atoms with Crippen LogP contribution in [-0.2, 0) is 28.3 Å². The molecule has 0 aromatic heterocycles. The summed E-state index contributed by atoms with van der Waals surface area (Å²) in [5.74, 6) is -0.917. The molecule has 5 atom stereocenters. The van der Waals surface area contributed by atoms with E-state index in [-0.39, 0.29) is 29.2 Å². The molecule has 1 aliphatic rings. The van der Waals surface area contributed by atoms with Crippen molar-refractivity contribution in [3.8, 4) is 0 Å². The van der Waals surface area contributed by atoms with Crippen molar-refractivity contribution in [2.45, 2.75) is 97.2 Å². The number of likely N-dealkylation sites (N-methyl/N-ethyl adjacent to an activating group) is 1. The van der Waals surface area contributed by atoms with Gasteiger partial charge in [0.2, 0.25) is 11.8 Å². The quantitative estimate of drug-likeness (QED) is 0.389. The highest BCUT2D eigenvalue weighted by molar-refractivity contribution is 6.74. The van der Waals surface area contributed by atoms with Crippen molar-refractivity contribution in [1.82, 2.24) is 10.2 Å². The normalized spacial score (nSPS) is 25.4. The Bertz CT molecular complexity index is 730. The molecule has 10 heteroatoms. The highest BCUT2D eigenvalue weighted by Crippen LogP contribution is 2.41. The van der Waals surface area contributed by atoms with Crippen LogP contribution < -0.4 is 5.32 Å². The Morgan fingerprint density at radius 2 is 1.75 bits per heavy atom. The number of carbonyl (C=O) groups is 3. The maximum Gasteiger partial charge on any atom is 0.245 e. The summed E-state index contributed by atoms with van der Waals surface area (Å²) in [6.45, 7) is 16.1. The Balaban J connectivity index is 3.49. The summed E-state index contributed by atoms with van der Waals surface area (Å²) in [7, 11) is -0.853. The van der Waals surface area contributed by atoms with Gasteiger partial charge in [-0.1, -0.05) is 20.8 Å². The molecular formula is C22H40N2O7Si. The molecular weight excluding hydrogens is 432 g/mol. The monoisotopic (exact) mass is 472 g/mol. The number of nitrogens with zero attached hydrogens (tertiary/aromatic N) is 1. The van der Waals surface area contributed by atoms with Gasteiger partial charge in [0.25, 0.3) is 0 Å². The number of carbonyl (C=O) groups excluding carboxylic acids is 3. The maximum atomic E-state index is 12.5. The third-order valence-corrected chi connectivity index (χ3v) is 10.6. The second-order valence-corrected chi connectivity index (χ2v) is 14.6. The van der Waals surface area contributed by atoms with Crippen molar-refractivity contribution in [3.05, 3.63) is 11.8 Å². The molecule has 0 spiro atoms. The molecule has 2 amide bonds. The van der Waals surface area contributed by atoms with Crippen molar-refractivity contribution in [1.29, 1.82) is 0 Å². The number of aliphatic hydroxyl groups excluding tert-OH is 1. The average molecular weight is 473 g/mol. The van der Waals surface area contributed by atoms with E-state index in [1.165, 1.54) is 32.0 Å². The molecule has 0 unspecified atom stereocenters. The summed E-state index contributed by atoms with van der Waals surface area (Å²) in [6.07, 6.45) is -2.87. The molecule has 0 aromatic rings. The molecule has 32 heavy (non-hydrogen) atoms. The Labute approximate surface area is 192 Å². The van der Waals surface area contributed by atoms with Gasteiger partial charge in [-0.15, -0.1) is 0 Å². The lowest BCUT2D eigenvalue weighted by atomic mass is 10.1. The van der Waals surface area contributed by atoms with Gasteiger partial charge in [0.05, 0.1) is 6.10 Å². The number of hydrogen-bond acceptors (Lipinski definition) is 7. The summed E-state index contributed by atoms with van der Waals surface area (Å²) in [5.41, 5.74) is 0.358. The highest BCUT2D eigenvalue weighted by Gasteiger charge is 2.54. The molecule has 0 radical (unpaired) electrons. The zero-order valence-electron chi connectivity index (χ0n) is 21.0. The van der Waals surface area contributed by atoms with Gasteiger partial charge in [-0.25, -0.2) is 0 Å². The van der Waals surface area contributed by atoms with Crippen LogP contribution >= 0.6 is 0 Å². The number of ketones is 1. The molecule has 0 bridgehead atoms. The smallest absolute Gasteiger partial charge is 0.245 e. The summed E-state index contributed by atoms with van der Waals surface area (Å²) < 4.78 is 18.7. The fraction of sp³-hybridized carbons (Fsp3) is 0.773. The second-order valence-electron chi connectivity index (χ2n) is 9.82. The average Bonchev–Trinajstić information content (AvgIpc) is 2.99. The van der Waals surface area contributed by atoms with Crippen LogP contribution in [0.1, 0.15) is 48.5 Å². The number of hydrogen-bond donors (Lipinski definition) is 2. The zero-order valence-corrected chi connectivity index (χ0v) is 22.0. The molecule has 184 valence electrons. The Hall–Kier alpha value is -1.59. The molecule has 1 fully saturated rings. The van der Waals surface area contributed by atoms with E-state index in [0.29, 0.717) is 5.57 Å². The van der Waals surface area contributed by atoms with Crippen molar-refractivity contribution in [2.75, 3.05) is 13.7 Å². The Morgan fingerprint density at radius 3 is 2.16 bits per heavy atom. The van der Waals surface area contributed by atoms with Crippen LogP contribution in [0.4, 0.5) is 0 Å². The summed E-state index contributed by atoms with van der Waals surface area (Å²) in [4.78, 5) is 37.5. The molecule has 0 aromatic carbocycles. The first-order valence-electron chi connectivity index (χ1n) is 10.8. The SMILES string of the molecule is CNC(=O)CO[C@@H]1[C@H](O[Si](C)(C)C(C)(C)C)[C@@H]([C@H](C)O)O[C@H]1N(/C=C(/C)C(C)=O)C(C)=O. The van der Waals surface area contributed by atoms with Crippen LogP contribution in [0.25, 0.3) is 0 Å². The predicted octanol–water partition coefficient (Wildman–Crippen LogP) is 1.95. The van der Waals surface area contributed by atoms with E-state index in [2.05, 4.69) is 39.2 Å². The van der Waals surface area contributed by atoms with Gasteiger partial charge >= 0.3 is 0 Å². The van der Waals surface area contributed by atoms with Crippen LogP contribution in [0, 0.1) is 0 Å². The van der Waals surface area contributed by atoms with E-state index < -0.39 is 39.0 Å². The minimum absolute atomic E-state index is 0.134. The largest absolute Gasteiger partial charge is 0.408 e. The number of allylic oxidation sites excluding steroid dienone is 1. The van der Waals surface area contributed by atoms with Crippen LogP contribution in [-0.4, -0.2) is 80.2 Å². The standard InChI is InChI=1S/C22H40N2O7Si/c1-13(14(2)25)11-24(16(4)27)21-20(29-12-17(28)23-8)19(18(30-21)15(3)26)31-32(9,10)22(5,6)7/h11,15,18-21,26H,12H2,1-10H3,(H,23,28)/b13-11-/t15-,18+,19+,20+,21+/m0/s1. The number of amides is 2. The fourth-order valence-electron chi connectivity index (χ4n) is 2.99. The minimum Gasteiger partial charge on any atom is -0.408 e. The first kappa shape index (κ1) is 28.4. The summed E-state index contributed by atoms with van der Waals surface area (Å²) >= 11 is 0. The lowest BCUT2D eigenvalue weighted by Crippen LogP contribution is -2.53. The molecule has 2 N–H and O–H groups in total. The van der Waals surface area contributed by atoms with Crippen molar-refractivity contribution in [3.63, 3.8) is 0 Å². The molecule has 0 aliphatic carbocycles. The number of nitrogens with one attached hydrogen (secondary N) is 1. The highest BCUT2D eigenvalue weighted by atomic mass is 28.4. The summed E-state index contributed by atoms with van der Waals surface area (Å²) in [5, 5.41) is 12.8. The molecule has 9 nitrogen and oxygen atoms in total. The van der Waals surface area contributed by atoms with E-state index in [1.807, 2.05) is 0 Å². The van der Waals surface area contributed by atoms with Gasteiger partial charge in [0, 0.05) is 25.7 Å². The van der Waals surface area contributed by atoms with Crippen LogP contribution in [0.5, 0.6) is 0 Å². The van der Waals surface area contributed by atoms with Gasteiger partial charge < -0.3 is 24.3 Å². The van der Waals surface area contributed by atoms with Crippen molar-refractivity contribution in [2.24, 2.45) is 0 Å². The van der Waals surface area contributed by atoms with Crippen molar-refractivity contribution >= 4 is 25.9 Å². The van der Waals surface area contributed by atoms with E-state index in [9.17, 15) is 19.5 Å². The first-order chi connectivity index (χ1) is 14.5. The Kier molecular flexibility index (Phi) is 9.79. The molecule has 1 rings (SSSR count). The van der Waals surface area contributed by atoms with E-state index >= 15 is 0 Å². The minimum atomic E-state index is -2.35. The first-order valence-corrected chi connectivity index (χ1v) is 13.8. The lowest BCUT2D eigenvalue weighted by Gasteiger charge is -2.41. The van der Waals surface area contributed by atoms with Gasteiger partial charge in [0.1, 0.15) is 24.9 Å². The van der Waals surface area contributed by atoms with Crippen molar-refractivity contribution < 1.29 is 33.4 Å². The van der Waals surface area contributed by atoms with Crippen LogP contribution in [0.2, 0.25) is 18.1 Å². The van der Waals surface area contributed by atoms with Gasteiger partial charge in [-0.3, -0.25) is 19.3 Å². The number of rotatable bonds is 9. The van der Waals surface area contributed by atoms with E-state index in [1.54, 1.807) is 13.8 Å². The third-order valence-electron chi connectivity index (χ3n) is 6.15. The molecule has 1 heterocycles. The predicted molar refractivity (Wildman–Crippen MR) is 123 cm³/mol. The Morgan fingerprint density at radius 1 is 1.19 bits per heavy atom. The number of aliphatic hydroxyl groups is 1. The number of Topliss-reactive ketones (excluding diaryl/α,β-unsaturated/α-hetero) is 1. The number of ether oxygens (including phenoxy) is 2. The zero-order chi connectivity index (χ0) is 25.0. The van der Waals surface area contributed by atoms with Gasteiger partial charge in [-0.2, -0.15) is 0 Å². The maximum absolute atomic E-state index is 12.5. The van der Waals surface area contributed by atoms with Gasteiger partial charge in [-0.05, 0) is 38.9 Å².